The molecule has 4 aromatic rings. The lowest BCUT2D eigenvalue weighted by Crippen LogP contribution is -2.52. The molecule has 222 valence electrons. The van der Waals surface area contributed by atoms with Crippen LogP contribution in [0, 0.1) is 5.82 Å². The minimum absolute atomic E-state index is 0.0670. The quantitative estimate of drug-likeness (QED) is 0.269. The zero-order valence-corrected chi connectivity index (χ0v) is 23.6. The summed E-state index contributed by atoms with van der Waals surface area (Å²) in [5, 5.41) is 9.67. The van der Waals surface area contributed by atoms with Gasteiger partial charge in [-0.2, -0.15) is 0 Å². The highest BCUT2D eigenvalue weighted by Gasteiger charge is 2.39. The molecule has 3 aromatic carbocycles. The molecule has 0 radical (unpaired) electrons. The van der Waals surface area contributed by atoms with Crippen LogP contribution in [0.4, 0.5) is 4.39 Å². The minimum atomic E-state index is -0.745. The van der Waals surface area contributed by atoms with Gasteiger partial charge >= 0.3 is 0 Å². The fourth-order valence-corrected chi connectivity index (χ4v) is 5.58. The number of benzene rings is 3. The summed E-state index contributed by atoms with van der Waals surface area (Å²) < 4.78 is 14.9. The van der Waals surface area contributed by atoms with Gasteiger partial charge in [-0.15, -0.1) is 0 Å². The van der Waals surface area contributed by atoms with Crippen molar-refractivity contribution in [2.45, 2.75) is 44.9 Å². The van der Waals surface area contributed by atoms with Gasteiger partial charge in [0.05, 0.1) is 12.1 Å². The second kappa shape index (κ2) is 12.0. The van der Waals surface area contributed by atoms with Gasteiger partial charge in [-0.05, 0) is 53.3 Å². The number of pyridine rings is 1. The van der Waals surface area contributed by atoms with E-state index in [0.29, 0.717) is 27.9 Å². The summed E-state index contributed by atoms with van der Waals surface area (Å²) >= 11 is 0. The molecule has 10 nitrogen and oxygen atoms in total. The number of aromatic nitrogens is 1. The fraction of sp³-hybridized carbons (Fsp3) is 0.212. The number of hydrogen-bond acceptors (Lipinski definition) is 6. The Kier molecular flexibility index (Phi) is 7.84. The number of fused-ring (bicyclic) bond motifs is 2. The predicted molar refractivity (Wildman–Crippen MR) is 157 cm³/mol. The summed E-state index contributed by atoms with van der Waals surface area (Å²) in [6.45, 7) is 0.214. The van der Waals surface area contributed by atoms with Crippen LogP contribution in [0.1, 0.15) is 55.9 Å². The molecule has 2 aliphatic rings. The lowest BCUT2D eigenvalue weighted by molar-refractivity contribution is -0.137. The van der Waals surface area contributed by atoms with Crippen molar-refractivity contribution in [1.29, 1.82) is 0 Å². The molecule has 1 saturated heterocycles. The third-order valence-corrected chi connectivity index (χ3v) is 7.92. The number of imide groups is 1. The molecule has 2 aliphatic heterocycles. The van der Waals surface area contributed by atoms with Crippen molar-refractivity contribution < 1.29 is 28.4 Å². The maximum absolute atomic E-state index is 14.9. The predicted octanol–water partition coefficient (Wildman–Crippen LogP) is 2.92. The van der Waals surface area contributed by atoms with Gasteiger partial charge < -0.3 is 15.5 Å². The van der Waals surface area contributed by atoms with Crippen molar-refractivity contribution in [1.82, 2.24) is 25.8 Å². The highest BCUT2D eigenvalue weighted by Crippen LogP contribution is 2.28. The highest BCUT2D eigenvalue weighted by atomic mass is 19.1. The van der Waals surface area contributed by atoms with E-state index in [1.54, 1.807) is 30.5 Å². The number of carbonyl (C=O) groups is 5. The number of carbonyl (C=O) groups excluding carboxylic acids is 5. The summed E-state index contributed by atoms with van der Waals surface area (Å²) in [4.78, 5) is 67.8. The third kappa shape index (κ3) is 5.89. The largest absolute Gasteiger partial charge is 0.352 e. The lowest BCUT2D eigenvalue weighted by atomic mass is 10.0. The SMILES string of the molecule is O=C(Cc1nccc2ccccc12)NCc1ccc(CNC(=O)c2ccc3c(c2)CN(C2CCC(=O)NC2=O)C3=O)c(F)c1. The maximum Gasteiger partial charge on any atom is 0.255 e. The molecule has 1 fully saturated rings. The zero-order chi connectivity index (χ0) is 30.8. The Morgan fingerprint density at radius 2 is 1.82 bits per heavy atom. The first-order valence-corrected chi connectivity index (χ1v) is 14.2. The first-order chi connectivity index (χ1) is 21.3. The van der Waals surface area contributed by atoms with Gasteiger partial charge in [0.25, 0.3) is 11.8 Å². The van der Waals surface area contributed by atoms with Crippen LogP contribution >= 0.6 is 0 Å². The Labute approximate surface area is 251 Å². The van der Waals surface area contributed by atoms with E-state index in [4.69, 9.17) is 0 Å². The fourth-order valence-electron chi connectivity index (χ4n) is 5.58. The van der Waals surface area contributed by atoms with Crippen LogP contribution in [0.5, 0.6) is 0 Å². The number of amides is 5. The van der Waals surface area contributed by atoms with Gasteiger partial charge in [0.1, 0.15) is 11.9 Å². The second-order valence-corrected chi connectivity index (χ2v) is 10.8. The lowest BCUT2D eigenvalue weighted by Gasteiger charge is -2.29. The molecule has 1 unspecified atom stereocenters. The minimum Gasteiger partial charge on any atom is -0.352 e. The Hall–Kier alpha value is -5.45. The molecule has 6 rings (SSSR count). The Bertz CT molecular complexity index is 1840. The Morgan fingerprint density at radius 3 is 2.64 bits per heavy atom. The van der Waals surface area contributed by atoms with Gasteiger partial charge in [0, 0.05) is 54.3 Å². The van der Waals surface area contributed by atoms with Crippen LogP contribution in [-0.4, -0.2) is 45.5 Å². The second-order valence-electron chi connectivity index (χ2n) is 10.8. The van der Waals surface area contributed by atoms with E-state index in [0.717, 1.165) is 10.8 Å². The van der Waals surface area contributed by atoms with Gasteiger partial charge in [-0.25, -0.2) is 4.39 Å². The van der Waals surface area contributed by atoms with E-state index in [9.17, 15) is 28.4 Å². The Balaban J connectivity index is 1.03. The average molecular weight is 594 g/mol. The van der Waals surface area contributed by atoms with Crippen LogP contribution in [0.2, 0.25) is 0 Å². The van der Waals surface area contributed by atoms with Gasteiger partial charge in [0.15, 0.2) is 0 Å². The van der Waals surface area contributed by atoms with Crippen molar-refractivity contribution >= 4 is 40.3 Å². The van der Waals surface area contributed by atoms with Crippen molar-refractivity contribution in [2.24, 2.45) is 0 Å². The van der Waals surface area contributed by atoms with Crippen molar-refractivity contribution in [2.75, 3.05) is 0 Å². The topological polar surface area (TPSA) is 138 Å². The first-order valence-electron chi connectivity index (χ1n) is 14.2. The summed E-state index contributed by atoms with van der Waals surface area (Å²) in [6.07, 6.45) is 2.16. The molecule has 11 heteroatoms. The number of hydrogen-bond donors (Lipinski definition) is 3. The van der Waals surface area contributed by atoms with Crippen molar-refractivity contribution in [3.05, 3.63) is 112 Å². The van der Waals surface area contributed by atoms with Gasteiger partial charge in [0.2, 0.25) is 17.7 Å². The standard InChI is InChI=1S/C33H28FN5O5/c34-26-13-19(16-36-30(41)15-27-24-4-2-1-3-20(24)11-12-35-27)5-6-22(26)17-37-31(42)21-7-8-25-23(14-21)18-39(33(25)44)28-9-10-29(40)38-32(28)43/h1-8,11-14,28H,9-10,15-18H2,(H,36,41)(H,37,42)(H,38,40,43). The van der Waals surface area contributed by atoms with Crippen LogP contribution in [0.25, 0.3) is 10.8 Å². The maximum atomic E-state index is 14.9. The van der Waals surface area contributed by atoms with Crippen molar-refractivity contribution in [3.8, 4) is 0 Å². The third-order valence-electron chi connectivity index (χ3n) is 7.92. The van der Waals surface area contributed by atoms with Crippen LogP contribution in [0.15, 0.2) is 72.9 Å². The molecule has 3 N–H and O–H groups in total. The number of nitrogens with one attached hydrogen (secondary N) is 3. The van der Waals surface area contributed by atoms with E-state index in [2.05, 4.69) is 20.9 Å². The first kappa shape index (κ1) is 28.7. The molecule has 0 saturated carbocycles. The van der Waals surface area contributed by atoms with E-state index >= 15 is 0 Å². The van der Waals surface area contributed by atoms with Crippen LogP contribution in [-0.2, 0) is 40.4 Å². The van der Waals surface area contributed by atoms with E-state index in [1.165, 1.54) is 17.0 Å². The van der Waals surface area contributed by atoms with Crippen LogP contribution < -0.4 is 16.0 Å². The van der Waals surface area contributed by atoms with E-state index in [1.807, 2.05) is 30.3 Å². The van der Waals surface area contributed by atoms with Gasteiger partial charge in [-0.1, -0.05) is 36.4 Å². The summed E-state index contributed by atoms with van der Waals surface area (Å²) in [5.41, 5.74) is 2.80. The summed E-state index contributed by atoms with van der Waals surface area (Å²) in [5.74, 6) is -2.40. The molecule has 5 amide bonds. The molecule has 0 aliphatic carbocycles. The molecular weight excluding hydrogens is 565 g/mol. The normalized spacial score (nSPS) is 16.1. The smallest absolute Gasteiger partial charge is 0.255 e. The molecule has 44 heavy (non-hydrogen) atoms. The summed E-state index contributed by atoms with van der Waals surface area (Å²) in [7, 11) is 0. The van der Waals surface area contributed by atoms with Gasteiger partial charge in [-0.3, -0.25) is 34.3 Å². The van der Waals surface area contributed by atoms with Crippen LogP contribution in [0.3, 0.4) is 0 Å². The number of rotatable bonds is 8. The van der Waals surface area contributed by atoms with E-state index in [-0.39, 0.29) is 62.2 Å². The monoisotopic (exact) mass is 593 g/mol. The van der Waals surface area contributed by atoms with Crippen molar-refractivity contribution in [3.63, 3.8) is 0 Å². The Morgan fingerprint density at radius 1 is 0.977 bits per heavy atom. The molecule has 1 atom stereocenters. The summed E-state index contributed by atoms with van der Waals surface area (Å²) in [6, 6.07) is 18.0. The zero-order valence-electron chi connectivity index (χ0n) is 23.6. The molecule has 3 heterocycles. The molecule has 0 bridgehead atoms. The number of piperidine rings is 1. The number of halogens is 1. The average Bonchev–Trinajstić information content (AvgIpc) is 3.34. The highest BCUT2D eigenvalue weighted by molar-refractivity contribution is 6.06. The molecule has 1 aromatic heterocycles. The molecule has 0 spiro atoms. The van der Waals surface area contributed by atoms with E-state index < -0.39 is 23.7 Å². The molecular formula is C33H28FN5O5. The number of nitrogens with zero attached hydrogens (tertiary/aromatic N) is 2.